The molecule has 1 aromatic heterocycles. The van der Waals surface area contributed by atoms with Gasteiger partial charge in [0.25, 0.3) is 5.91 Å². The van der Waals surface area contributed by atoms with Crippen LogP contribution in [0, 0.1) is 11.3 Å². The Bertz CT molecular complexity index is 720. The summed E-state index contributed by atoms with van der Waals surface area (Å²) in [4.78, 5) is 14.4. The fraction of sp³-hybridized carbons (Fsp3) is 0.353. The third kappa shape index (κ3) is 3.51. The Morgan fingerprint density at radius 1 is 1.30 bits per heavy atom. The predicted octanol–water partition coefficient (Wildman–Crippen LogP) is 1.69. The zero-order valence-corrected chi connectivity index (χ0v) is 13.1. The summed E-state index contributed by atoms with van der Waals surface area (Å²) in [5.41, 5.74) is 2.40. The average molecular weight is 309 g/mol. The molecule has 0 aliphatic carbocycles. The number of nitrogens with one attached hydrogen (secondary N) is 1. The highest BCUT2D eigenvalue weighted by atomic mass is 16.1. The number of carbonyl (C=O) groups excluding carboxylic acids is 1. The number of piperidine rings is 1. The summed E-state index contributed by atoms with van der Waals surface area (Å²) in [5.74, 6) is -0.0603. The van der Waals surface area contributed by atoms with Crippen molar-refractivity contribution in [2.75, 3.05) is 18.0 Å². The molecule has 6 heteroatoms. The van der Waals surface area contributed by atoms with Gasteiger partial charge in [0.05, 0.1) is 23.4 Å². The molecular formula is C17H19N5O. The molecule has 0 saturated carbocycles. The van der Waals surface area contributed by atoms with E-state index in [0.29, 0.717) is 11.1 Å². The quantitative estimate of drug-likeness (QED) is 0.936. The molecule has 2 aromatic rings. The van der Waals surface area contributed by atoms with Gasteiger partial charge in [-0.25, -0.2) is 0 Å². The standard InChI is InChI=1S/C17H19N5O/c1-21-12-14(11-19-21)17(23)20-15-6-8-22(9-7-15)16-4-2-13(10-18)3-5-16/h2-5,11-12,15H,6-9H2,1H3,(H,20,23). The summed E-state index contributed by atoms with van der Waals surface area (Å²) >= 11 is 0. The maximum Gasteiger partial charge on any atom is 0.254 e. The van der Waals surface area contributed by atoms with Crippen LogP contribution in [-0.4, -0.2) is 34.8 Å². The number of rotatable bonds is 3. The monoisotopic (exact) mass is 309 g/mol. The van der Waals surface area contributed by atoms with Crippen LogP contribution in [0.2, 0.25) is 0 Å². The van der Waals surface area contributed by atoms with Crippen LogP contribution in [0.3, 0.4) is 0 Å². The molecule has 3 rings (SSSR count). The number of benzene rings is 1. The molecule has 0 unspecified atom stereocenters. The van der Waals surface area contributed by atoms with Crippen LogP contribution in [0.1, 0.15) is 28.8 Å². The lowest BCUT2D eigenvalue weighted by Gasteiger charge is -2.34. The van der Waals surface area contributed by atoms with Gasteiger partial charge >= 0.3 is 0 Å². The van der Waals surface area contributed by atoms with E-state index in [4.69, 9.17) is 5.26 Å². The number of aromatic nitrogens is 2. The minimum Gasteiger partial charge on any atom is -0.371 e. The van der Waals surface area contributed by atoms with Crippen LogP contribution in [0.25, 0.3) is 0 Å². The third-order valence-electron chi connectivity index (χ3n) is 4.16. The second-order valence-electron chi connectivity index (χ2n) is 5.80. The van der Waals surface area contributed by atoms with E-state index in [1.165, 1.54) is 0 Å². The first-order chi connectivity index (χ1) is 11.2. The van der Waals surface area contributed by atoms with E-state index in [0.717, 1.165) is 31.6 Å². The van der Waals surface area contributed by atoms with Gasteiger partial charge in [-0.2, -0.15) is 10.4 Å². The minimum absolute atomic E-state index is 0.0603. The Hall–Kier alpha value is -2.81. The fourth-order valence-corrected chi connectivity index (χ4v) is 2.84. The van der Waals surface area contributed by atoms with Crippen molar-refractivity contribution in [3.63, 3.8) is 0 Å². The highest BCUT2D eigenvalue weighted by molar-refractivity contribution is 5.93. The lowest BCUT2D eigenvalue weighted by Crippen LogP contribution is -2.44. The van der Waals surface area contributed by atoms with Crippen molar-refractivity contribution in [3.05, 3.63) is 47.8 Å². The summed E-state index contributed by atoms with van der Waals surface area (Å²) in [6.45, 7) is 1.79. The van der Waals surface area contributed by atoms with Crippen molar-refractivity contribution in [2.45, 2.75) is 18.9 Å². The normalized spacial score (nSPS) is 15.2. The third-order valence-corrected chi connectivity index (χ3v) is 4.16. The van der Waals surface area contributed by atoms with E-state index in [1.54, 1.807) is 24.1 Å². The smallest absolute Gasteiger partial charge is 0.254 e. The van der Waals surface area contributed by atoms with E-state index in [9.17, 15) is 4.79 Å². The van der Waals surface area contributed by atoms with Gasteiger partial charge in [0.15, 0.2) is 0 Å². The molecule has 1 N–H and O–H groups in total. The summed E-state index contributed by atoms with van der Waals surface area (Å²) in [6.07, 6.45) is 5.13. The number of hydrogen-bond acceptors (Lipinski definition) is 4. The van der Waals surface area contributed by atoms with Gasteiger partial charge in [-0.15, -0.1) is 0 Å². The molecule has 118 valence electrons. The Kier molecular flexibility index (Phi) is 4.29. The number of aryl methyl sites for hydroxylation is 1. The molecule has 1 aliphatic heterocycles. The van der Waals surface area contributed by atoms with Crippen molar-refractivity contribution < 1.29 is 4.79 Å². The van der Waals surface area contributed by atoms with Crippen LogP contribution in [0.5, 0.6) is 0 Å². The summed E-state index contributed by atoms with van der Waals surface area (Å²) in [6, 6.07) is 9.96. The van der Waals surface area contributed by atoms with Crippen molar-refractivity contribution in [3.8, 4) is 6.07 Å². The molecule has 0 radical (unpaired) electrons. The lowest BCUT2D eigenvalue weighted by atomic mass is 10.0. The highest BCUT2D eigenvalue weighted by Gasteiger charge is 2.21. The molecule has 0 atom stereocenters. The largest absolute Gasteiger partial charge is 0.371 e. The number of nitriles is 1. The number of hydrogen-bond donors (Lipinski definition) is 1. The fourth-order valence-electron chi connectivity index (χ4n) is 2.84. The number of nitrogens with zero attached hydrogens (tertiary/aromatic N) is 4. The van der Waals surface area contributed by atoms with Crippen molar-refractivity contribution >= 4 is 11.6 Å². The van der Waals surface area contributed by atoms with Gasteiger partial charge in [0, 0.05) is 38.1 Å². The SMILES string of the molecule is Cn1cc(C(=O)NC2CCN(c3ccc(C#N)cc3)CC2)cn1. The molecule has 1 fully saturated rings. The molecule has 0 bridgehead atoms. The van der Waals surface area contributed by atoms with E-state index < -0.39 is 0 Å². The number of anilines is 1. The van der Waals surface area contributed by atoms with Crippen LogP contribution < -0.4 is 10.2 Å². The van der Waals surface area contributed by atoms with Gasteiger partial charge in [0.1, 0.15) is 0 Å². The van der Waals surface area contributed by atoms with Crippen LogP contribution in [0.15, 0.2) is 36.7 Å². The Morgan fingerprint density at radius 2 is 2.00 bits per heavy atom. The van der Waals surface area contributed by atoms with Crippen molar-refractivity contribution in [2.24, 2.45) is 7.05 Å². The first kappa shape index (κ1) is 15.1. The molecule has 6 nitrogen and oxygen atoms in total. The second-order valence-corrected chi connectivity index (χ2v) is 5.80. The topological polar surface area (TPSA) is 74.0 Å². The van der Waals surface area contributed by atoms with Gasteiger partial charge in [-0.1, -0.05) is 0 Å². The van der Waals surface area contributed by atoms with E-state index in [-0.39, 0.29) is 11.9 Å². The molecular weight excluding hydrogens is 290 g/mol. The van der Waals surface area contributed by atoms with Crippen LogP contribution >= 0.6 is 0 Å². The highest BCUT2D eigenvalue weighted by Crippen LogP contribution is 2.20. The zero-order valence-electron chi connectivity index (χ0n) is 13.1. The van der Waals surface area contributed by atoms with E-state index in [1.807, 2.05) is 24.3 Å². The maximum absolute atomic E-state index is 12.1. The molecule has 1 saturated heterocycles. The Balaban J connectivity index is 1.53. The maximum atomic E-state index is 12.1. The molecule has 0 spiro atoms. The summed E-state index contributed by atoms with van der Waals surface area (Å²) in [5, 5.41) is 15.9. The Labute approximate surface area is 135 Å². The molecule has 23 heavy (non-hydrogen) atoms. The average Bonchev–Trinajstić information content (AvgIpc) is 3.02. The van der Waals surface area contributed by atoms with Gasteiger partial charge in [0.2, 0.25) is 0 Å². The van der Waals surface area contributed by atoms with E-state index >= 15 is 0 Å². The zero-order chi connectivity index (χ0) is 16.2. The van der Waals surface area contributed by atoms with Crippen LogP contribution in [0.4, 0.5) is 5.69 Å². The molecule has 1 aliphatic rings. The van der Waals surface area contributed by atoms with Gasteiger partial charge in [-0.05, 0) is 37.1 Å². The number of amides is 1. The second kappa shape index (κ2) is 6.53. The first-order valence-corrected chi connectivity index (χ1v) is 7.70. The molecule has 1 amide bonds. The molecule has 2 heterocycles. The Morgan fingerprint density at radius 3 is 2.57 bits per heavy atom. The van der Waals surface area contributed by atoms with Gasteiger partial charge in [-0.3, -0.25) is 9.48 Å². The van der Waals surface area contributed by atoms with Crippen LogP contribution in [-0.2, 0) is 7.05 Å². The first-order valence-electron chi connectivity index (χ1n) is 7.70. The number of carbonyl (C=O) groups is 1. The lowest BCUT2D eigenvalue weighted by molar-refractivity contribution is 0.0931. The van der Waals surface area contributed by atoms with Crippen molar-refractivity contribution in [1.82, 2.24) is 15.1 Å². The van der Waals surface area contributed by atoms with Crippen molar-refractivity contribution in [1.29, 1.82) is 5.26 Å². The van der Waals surface area contributed by atoms with E-state index in [2.05, 4.69) is 21.4 Å². The summed E-state index contributed by atoms with van der Waals surface area (Å²) in [7, 11) is 1.80. The molecule has 1 aromatic carbocycles. The summed E-state index contributed by atoms with van der Waals surface area (Å²) < 4.78 is 1.63. The predicted molar refractivity (Wildman–Crippen MR) is 87.1 cm³/mol. The van der Waals surface area contributed by atoms with Gasteiger partial charge < -0.3 is 10.2 Å². The minimum atomic E-state index is -0.0603.